The Kier molecular flexibility index (Phi) is 4.70. The van der Waals surface area contributed by atoms with Gasteiger partial charge in [0.05, 0.1) is 5.56 Å². The Morgan fingerprint density at radius 3 is 2.53 bits per heavy atom. The lowest BCUT2D eigenvalue weighted by molar-refractivity contribution is 0.0695. The summed E-state index contributed by atoms with van der Waals surface area (Å²) in [6.45, 7) is 8.09. The first-order valence-electron chi connectivity index (χ1n) is 5.92. The van der Waals surface area contributed by atoms with Gasteiger partial charge in [-0.05, 0) is 30.0 Å². The zero-order chi connectivity index (χ0) is 12.9. The molecule has 0 heterocycles. The molecule has 0 aliphatic heterocycles. The van der Waals surface area contributed by atoms with E-state index in [4.69, 9.17) is 5.11 Å². The van der Waals surface area contributed by atoms with Crippen LogP contribution in [0.25, 0.3) is 0 Å². The molecule has 0 aliphatic rings. The molecule has 1 aromatic carbocycles. The van der Waals surface area contributed by atoms with Crippen molar-refractivity contribution in [2.45, 2.75) is 33.7 Å². The summed E-state index contributed by atoms with van der Waals surface area (Å²) in [6.07, 6.45) is 1.07. The van der Waals surface area contributed by atoms with E-state index in [0.717, 1.165) is 18.5 Å². The van der Waals surface area contributed by atoms with Crippen molar-refractivity contribution in [3.63, 3.8) is 0 Å². The molecule has 0 bridgehead atoms. The van der Waals surface area contributed by atoms with Crippen LogP contribution in [0, 0.1) is 5.41 Å². The molecule has 0 atom stereocenters. The van der Waals surface area contributed by atoms with Gasteiger partial charge in [0, 0.05) is 6.54 Å². The minimum atomic E-state index is -0.863. The molecule has 1 aromatic rings. The number of carbonyl (C=O) groups is 1. The van der Waals surface area contributed by atoms with E-state index in [1.165, 1.54) is 0 Å². The zero-order valence-corrected chi connectivity index (χ0v) is 10.8. The minimum Gasteiger partial charge on any atom is -0.478 e. The van der Waals surface area contributed by atoms with E-state index in [1.807, 2.05) is 12.1 Å². The molecule has 17 heavy (non-hydrogen) atoms. The maximum Gasteiger partial charge on any atom is 0.336 e. The average molecular weight is 235 g/mol. The van der Waals surface area contributed by atoms with Crippen molar-refractivity contribution in [2.75, 3.05) is 6.54 Å². The van der Waals surface area contributed by atoms with Crippen molar-refractivity contribution in [3.8, 4) is 0 Å². The summed E-state index contributed by atoms with van der Waals surface area (Å²) in [5.74, 6) is -0.863. The van der Waals surface area contributed by atoms with Gasteiger partial charge in [0.1, 0.15) is 0 Å². The van der Waals surface area contributed by atoms with Crippen molar-refractivity contribution in [3.05, 3.63) is 35.4 Å². The molecule has 3 nitrogen and oxygen atoms in total. The van der Waals surface area contributed by atoms with Crippen LogP contribution in [-0.2, 0) is 6.54 Å². The number of aromatic carboxylic acids is 1. The van der Waals surface area contributed by atoms with E-state index in [0.29, 0.717) is 17.5 Å². The predicted molar refractivity (Wildman–Crippen MR) is 69.2 cm³/mol. The van der Waals surface area contributed by atoms with E-state index >= 15 is 0 Å². The summed E-state index contributed by atoms with van der Waals surface area (Å²) in [6, 6.07) is 7.12. The molecular weight excluding hydrogens is 214 g/mol. The topological polar surface area (TPSA) is 49.3 Å². The van der Waals surface area contributed by atoms with Crippen LogP contribution < -0.4 is 5.32 Å². The lowest BCUT2D eigenvalue weighted by Gasteiger charge is -2.18. The largest absolute Gasteiger partial charge is 0.478 e. The smallest absolute Gasteiger partial charge is 0.336 e. The van der Waals surface area contributed by atoms with Gasteiger partial charge in [0.15, 0.2) is 0 Å². The van der Waals surface area contributed by atoms with Crippen LogP contribution >= 0.6 is 0 Å². The Morgan fingerprint density at radius 2 is 1.94 bits per heavy atom. The number of benzene rings is 1. The minimum absolute atomic E-state index is 0.305. The Bertz CT molecular complexity index is 380. The van der Waals surface area contributed by atoms with Gasteiger partial charge in [-0.25, -0.2) is 4.79 Å². The SMILES string of the molecule is CC(C)(C)CCNCc1ccccc1C(=O)O. The van der Waals surface area contributed by atoms with Gasteiger partial charge >= 0.3 is 5.97 Å². The second-order valence-electron chi connectivity index (χ2n) is 5.45. The van der Waals surface area contributed by atoms with Gasteiger partial charge in [0.2, 0.25) is 0 Å². The summed E-state index contributed by atoms with van der Waals surface area (Å²) in [7, 11) is 0. The predicted octanol–water partition coefficient (Wildman–Crippen LogP) is 2.91. The quantitative estimate of drug-likeness (QED) is 0.771. The monoisotopic (exact) mass is 235 g/mol. The van der Waals surface area contributed by atoms with E-state index in [-0.39, 0.29) is 0 Å². The molecular formula is C14H21NO2. The van der Waals surface area contributed by atoms with Crippen molar-refractivity contribution < 1.29 is 9.90 Å². The zero-order valence-electron chi connectivity index (χ0n) is 10.8. The third kappa shape index (κ3) is 5.00. The van der Waals surface area contributed by atoms with Gasteiger partial charge < -0.3 is 10.4 Å². The molecule has 0 amide bonds. The van der Waals surface area contributed by atoms with Gasteiger partial charge in [-0.15, -0.1) is 0 Å². The highest BCUT2D eigenvalue weighted by Crippen LogP contribution is 2.17. The fourth-order valence-electron chi connectivity index (χ4n) is 1.57. The number of nitrogens with one attached hydrogen (secondary N) is 1. The van der Waals surface area contributed by atoms with Crippen molar-refractivity contribution >= 4 is 5.97 Å². The maximum absolute atomic E-state index is 11.0. The van der Waals surface area contributed by atoms with Crippen LogP contribution in [0.5, 0.6) is 0 Å². The van der Waals surface area contributed by atoms with Crippen molar-refractivity contribution in [1.29, 1.82) is 0 Å². The number of carboxylic acid groups (broad SMARTS) is 1. The van der Waals surface area contributed by atoms with Crippen LogP contribution in [0.4, 0.5) is 0 Å². The molecule has 0 aliphatic carbocycles. The fourth-order valence-corrected chi connectivity index (χ4v) is 1.57. The van der Waals surface area contributed by atoms with Gasteiger partial charge in [-0.2, -0.15) is 0 Å². The third-order valence-corrected chi connectivity index (χ3v) is 2.62. The number of rotatable bonds is 5. The maximum atomic E-state index is 11.0. The molecule has 94 valence electrons. The summed E-state index contributed by atoms with van der Waals surface area (Å²) >= 11 is 0. The van der Waals surface area contributed by atoms with Gasteiger partial charge in [-0.3, -0.25) is 0 Å². The molecule has 0 saturated carbocycles. The van der Waals surface area contributed by atoms with Crippen LogP contribution in [0.2, 0.25) is 0 Å². The van der Waals surface area contributed by atoms with Crippen LogP contribution in [0.1, 0.15) is 43.1 Å². The van der Waals surface area contributed by atoms with Crippen molar-refractivity contribution in [1.82, 2.24) is 5.32 Å². The number of hydrogen-bond donors (Lipinski definition) is 2. The van der Waals surface area contributed by atoms with E-state index < -0.39 is 5.97 Å². The Labute approximate surface area is 103 Å². The highest BCUT2D eigenvalue weighted by Gasteiger charge is 2.10. The second-order valence-corrected chi connectivity index (χ2v) is 5.45. The summed E-state index contributed by atoms with van der Waals surface area (Å²) in [5, 5.41) is 12.3. The third-order valence-electron chi connectivity index (χ3n) is 2.62. The lowest BCUT2D eigenvalue weighted by Crippen LogP contribution is -2.21. The Hall–Kier alpha value is -1.35. The average Bonchev–Trinajstić information content (AvgIpc) is 2.23. The van der Waals surface area contributed by atoms with E-state index in [2.05, 4.69) is 26.1 Å². The Morgan fingerprint density at radius 1 is 1.29 bits per heavy atom. The molecule has 0 spiro atoms. The number of hydrogen-bond acceptors (Lipinski definition) is 2. The molecule has 0 fully saturated rings. The molecule has 0 radical (unpaired) electrons. The molecule has 1 rings (SSSR count). The molecule has 0 unspecified atom stereocenters. The molecule has 3 heteroatoms. The molecule has 0 saturated heterocycles. The highest BCUT2D eigenvalue weighted by atomic mass is 16.4. The fraction of sp³-hybridized carbons (Fsp3) is 0.500. The Balaban J connectivity index is 2.49. The van der Waals surface area contributed by atoms with Gasteiger partial charge in [-0.1, -0.05) is 39.0 Å². The highest BCUT2D eigenvalue weighted by molar-refractivity contribution is 5.89. The molecule has 0 aromatic heterocycles. The second kappa shape index (κ2) is 5.82. The standard InChI is InChI=1S/C14H21NO2/c1-14(2,3)8-9-15-10-11-6-4-5-7-12(11)13(16)17/h4-7,15H,8-10H2,1-3H3,(H,16,17). The van der Waals surface area contributed by atoms with Crippen LogP contribution in [-0.4, -0.2) is 17.6 Å². The summed E-state index contributed by atoms with van der Waals surface area (Å²) in [5.41, 5.74) is 1.53. The van der Waals surface area contributed by atoms with Crippen LogP contribution in [0.15, 0.2) is 24.3 Å². The van der Waals surface area contributed by atoms with E-state index in [9.17, 15) is 4.79 Å². The van der Waals surface area contributed by atoms with Crippen LogP contribution in [0.3, 0.4) is 0 Å². The number of carboxylic acids is 1. The van der Waals surface area contributed by atoms with Gasteiger partial charge in [0.25, 0.3) is 0 Å². The van der Waals surface area contributed by atoms with E-state index in [1.54, 1.807) is 12.1 Å². The first kappa shape index (κ1) is 13.7. The normalized spacial score (nSPS) is 11.5. The first-order valence-corrected chi connectivity index (χ1v) is 5.92. The summed E-state index contributed by atoms with van der Waals surface area (Å²) < 4.78 is 0. The molecule has 2 N–H and O–H groups in total. The lowest BCUT2D eigenvalue weighted by atomic mass is 9.92. The van der Waals surface area contributed by atoms with Crippen molar-refractivity contribution in [2.24, 2.45) is 5.41 Å². The summed E-state index contributed by atoms with van der Waals surface area (Å²) in [4.78, 5) is 11.0. The first-order chi connectivity index (χ1) is 7.90.